The van der Waals surface area contributed by atoms with Gasteiger partial charge in [0.05, 0.1) is 12.7 Å². The molecule has 3 rings (SSSR count). The van der Waals surface area contributed by atoms with Gasteiger partial charge < -0.3 is 30.1 Å². The van der Waals surface area contributed by atoms with E-state index in [4.69, 9.17) is 9.47 Å². The standard InChI is InChI=1S/C30H36BrN3O7/c1-30(2,3)41-29(39)34-15-6-5-9-21(34)12-14-25(28(38)40-4)33-27(37)23-13-11-20(17-24(23)31)26(36)32-18-19-8-7-10-22(35)16-19/h7-8,10-11,13-14,16-17,21,35H,5-6,9,12,15,18H2,1-4H3,(H,32,36)(H,33,37)/b25-14-. The maximum Gasteiger partial charge on any atom is 0.410 e. The average Bonchev–Trinajstić information content (AvgIpc) is 2.92. The van der Waals surface area contributed by atoms with Crippen LogP contribution in [0.4, 0.5) is 4.79 Å². The highest BCUT2D eigenvalue weighted by Crippen LogP contribution is 2.24. The van der Waals surface area contributed by atoms with Gasteiger partial charge in [-0.3, -0.25) is 9.59 Å². The molecule has 41 heavy (non-hydrogen) atoms. The van der Waals surface area contributed by atoms with Crippen LogP contribution in [0, 0.1) is 0 Å². The summed E-state index contributed by atoms with van der Waals surface area (Å²) < 4.78 is 10.8. The van der Waals surface area contributed by atoms with Crippen LogP contribution in [-0.4, -0.2) is 59.2 Å². The van der Waals surface area contributed by atoms with Gasteiger partial charge in [-0.25, -0.2) is 9.59 Å². The Hall–Kier alpha value is -3.86. The summed E-state index contributed by atoms with van der Waals surface area (Å²) in [5.41, 5.74) is 0.578. The fourth-order valence-electron chi connectivity index (χ4n) is 4.34. The molecule has 11 heteroatoms. The Bertz CT molecular complexity index is 1320. The van der Waals surface area contributed by atoms with Crippen molar-refractivity contribution in [1.82, 2.24) is 15.5 Å². The van der Waals surface area contributed by atoms with Crippen molar-refractivity contribution in [2.45, 2.75) is 64.6 Å². The number of nitrogens with zero attached hydrogens (tertiary/aromatic N) is 1. The van der Waals surface area contributed by atoms with E-state index in [2.05, 4.69) is 26.6 Å². The smallest absolute Gasteiger partial charge is 0.410 e. The second-order valence-corrected chi connectivity index (χ2v) is 11.5. The summed E-state index contributed by atoms with van der Waals surface area (Å²) in [6.45, 7) is 6.19. The highest BCUT2D eigenvalue weighted by molar-refractivity contribution is 9.10. The molecule has 1 atom stereocenters. The van der Waals surface area contributed by atoms with Crippen molar-refractivity contribution in [1.29, 1.82) is 0 Å². The molecule has 0 spiro atoms. The highest BCUT2D eigenvalue weighted by Gasteiger charge is 2.30. The van der Waals surface area contributed by atoms with Gasteiger partial charge in [0, 0.05) is 29.2 Å². The van der Waals surface area contributed by atoms with E-state index in [-0.39, 0.29) is 35.5 Å². The van der Waals surface area contributed by atoms with E-state index in [1.807, 2.05) is 20.8 Å². The number of hydrogen-bond acceptors (Lipinski definition) is 7. The SMILES string of the molecule is COC(=O)/C(=C/CC1CCCCN1C(=O)OC(C)(C)C)NC(=O)c1ccc(C(=O)NCc2cccc(O)c2)cc1Br. The Labute approximate surface area is 248 Å². The number of methoxy groups -OCH3 is 1. The molecule has 0 aliphatic carbocycles. The lowest BCUT2D eigenvalue weighted by Gasteiger charge is -2.36. The molecule has 10 nitrogen and oxygen atoms in total. The molecule has 0 bridgehead atoms. The maximum atomic E-state index is 13.1. The van der Waals surface area contributed by atoms with Gasteiger partial charge in [0.2, 0.25) is 0 Å². The van der Waals surface area contributed by atoms with E-state index in [1.165, 1.54) is 25.3 Å². The number of ether oxygens (including phenoxy) is 2. The van der Waals surface area contributed by atoms with Crippen LogP contribution in [0.2, 0.25) is 0 Å². The average molecular weight is 631 g/mol. The number of rotatable bonds is 8. The quantitative estimate of drug-likeness (QED) is 0.275. The number of benzene rings is 2. The van der Waals surface area contributed by atoms with Crippen LogP contribution in [0.15, 0.2) is 58.7 Å². The lowest BCUT2D eigenvalue weighted by Crippen LogP contribution is -2.46. The van der Waals surface area contributed by atoms with E-state index in [0.29, 0.717) is 23.0 Å². The summed E-state index contributed by atoms with van der Waals surface area (Å²) >= 11 is 3.35. The van der Waals surface area contributed by atoms with Crippen LogP contribution in [0.1, 0.15) is 72.7 Å². The second kappa shape index (κ2) is 14.2. The first-order valence-electron chi connectivity index (χ1n) is 13.3. The van der Waals surface area contributed by atoms with Crippen LogP contribution >= 0.6 is 15.9 Å². The molecule has 1 aliphatic rings. The van der Waals surface area contributed by atoms with Gasteiger partial charge in [0.1, 0.15) is 17.0 Å². The van der Waals surface area contributed by atoms with Crippen LogP contribution in [0.3, 0.4) is 0 Å². The van der Waals surface area contributed by atoms with E-state index in [9.17, 15) is 24.3 Å². The van der Waals surface area contributed by atoms with Gasteiger partial charge in [-0.05, 0) is 98.3 Å². The summed E-state index contributed by atoms with van der Waals surface area (Å²) in [6, 6.07) is 10.8. The number of phenolic OH excluding ortho intramolecular Hbond substituents is 1. The third kappa shape index (κ3) is 9.34. The largest absolute Gasteiger partial charge is 0.508 e. The molecular weight excluding hydrogens is 594 g/mol. The van der Waals surface area contributed by atoms with E-state index >= 15 is 0 Å². The lowest BCUT2D eigenvalue weighted by atomic mass is 9.99. The van der Waals surface area contributed by atoms with Crippen molar-refractivity contribution in [3.63, 3.8) is 0 Å². The number of esters is 1. The summed E-state index contributed by atoms with van der Waals surface area (Å²) in [6.07, 6.45) is 4.00. The van der Waals surface area contributed by atoms with Gasteiger partial charge in [-0.15, -0.1) is 0 Å². The van der Waals surface area contributed by atoms with Gasteiger partial charge in [-0.2, -0.15) is 0 Å². The molecule has 220 valence electrons. The molecule has 2 aromatic rings. The number of likely N-dealkylation sites (tertiary alicyclic amines) is 1. The van der Waals surface area contributed by atoms with Gasteiger partial charge in [0.25, 0.3) is 11.8 Å². The maximum absolute atomic E-state index is 13.1. The van der Waals surface area contributed by atoms with Crippen molar-refractivity contribution in [2.24, 2.45) is 0 Å². The normalized spacial score (nSPS) is 15.6. The predicted molar refractivity (Wildman–Crippen MR) is 156 cm³/mol. The molecule has 3 amide bonds. The first kappa shape index (κ1) is 31.7. The van der Waals surface area contributed by atoms with E-state index in [1.54, 1.807) is 35.2 Å². The van der Waals surface area contributed by atoms with Crippen molar-refractivity contribution in [3.05, 3.63) is 75.4 Å². The number of aromatic hydroxyl groups is 1. The Kier molecular flexibility index (Phi) is 10.9. The number of piperidine rings is 1. The molecule has 0 saturated carbocycles. The highest BCUT2D eigenvalue weighted by atomic mass is 79.9. The molecule has 2 aromatic carbocycles. The molecule has 1 saturated heterocycles. The third-order valence-electron chi connectivity index (χ3n) is 6.34. The lowest BCUT2D eigenvalue weighted by molar-refractivity contribution is -0.136. The minimum absolute atomic E-state index is 0.0490. The summed E-state index contributed by atoms with van der Waals surface area (Å²) in [7, 11) is 1.22. The molecule has 1 unspecified atom stereocenters. The number of carbonyl (C=O) groups excluding carboxylic acids is 4. The monoisotopic (exact) mass is 629 g/mol. The van der Waals surface area contributed by atoms with E-state index in [0.717, 1.165) is 24.8 Å². The fourth-order valence-corrected chi connectivity index (χ4v) is 4.90. The van der Waals surface area contributed by atoms with Crippen molar-refractivity contribution in [2.75, 3.05) is 13.7 Å². The van der Waals surface area contributed by atoms with Crippen molar-refractivity contribution >= 4 is 39.8 Å². The Morgan fingerprint density at radius 3 is 2.51 bits per heavy atom. The number of hydrogen-bond donors (Lipinski definition) is 3. The summed E-state index contributed by atoms with van der Waals surface area (Å²) in [4.78, 5) is 52.6. The van der Waals surface area contributed by atoms with Crippen LogP contribution in [-0.2, 0) is 20.8 Å². The zero-order valence-electron chi connectivity index (χ0n) is 23.7. The first-order chi connectivity index (χ1) is 19.4. The molecule has 1 heterocycles. The Balaban J connectivity index is 1.69. The van der Waals surface area contributed by atoms with Crippen LogP contribution in [0.5, 0.6) is 5.75 Å². The number of amides is 3. The molecule has 1 fully saturated rings. The zero-order chi connectivity index (χ0) is 30.2. The van der Waals surface area contributed by atoms with Crippen molar-refractivity contribution < 1.29 is 33.8 Å². The molecule has 1 aliphatic heterocycles. The molecule has 0 radical (unpaired) electrons. The molecule has 3 N–H and O–H groups in total. The second-order valence-electron chi connectivity index (χ2n) is 10.7. The number of halogens is 1. The van der Waals surface area contributed by atoms with Gasteiger partial charge in [-0.1, -0.05) is 18.2 Å². The molecular formula is C30H36BrN3O7. The minimum Gasteiger partial charge on any atom is -0.508 e. The van der Waals surface area contributed by atoms with Crippen LogP contribution < -0.4 is 10.6 Å². The first-order valence-corrected chi connectivity index (χ1v) is 14.1. The van der Waals surface area contributed by atoms with Gasteiger partial charge in [0.15, 0.2) is 0 Å². The summed E-state index contributed by atoms with van der Waals surface area (Å²) in [5.74, 6) is -1.56. The third-order valence-corrected chi connectivity index (χ3v) is 7.00. The van der Waals surface area contributed by atoms with E-state index < -0.39 is 23.6 Å². The number of phenols is 1. The number of nitrogens with one attached hydrogen (secondary N) is 2. The Morgan fingerprint density at radius 2 is 1.85 bits per heavy atom. The zero-order valence-corrected chi connectivity index (χ0v) is 25.2. The van der Waals surface area contributed by atoms with Gasteiger partial charge >= 0.3 is 12.1 Å². The minimum atomic E-state index is -0.725. The topological polar surface area (TPSA) is 134 Å². The Morgan fingerprint density at radius 1 is 1.10 bits per heavy atom. The number of carbonyl (C=O) groups is 4. The van der Waals surface area contributed by atoms with Crippen molar-refractivity contribution in [3.8, 4) is 5.75 Å². The fraction of sp³-hybridized carbons (Fsp3) is 0.400. The predicted octanol–water partition coefficient (Wildman–Crippen LogP) is 5.05. The van der Waals surface area contributed by atoms with Crippen LogP contribution in [0.25, 0.3) is 0 Å². The molecule has 0 aromatic heterocycles. The summed E-state index contributed by atoms with van der Waals surface area (Å²) in [5, 5.41) is 15.0.